The fourth-order valence-corrected chi connectivity index (χ4v) is 15.7. The van der Waals surface area contributed by atoms with E-state index in [1.54, 1.807) is 0 Å². The van der Waals surface area contributed by atoms with Crippen LogP contribution in [0.3, 0.4) is 0 Å². The van der Waals surface area contributed by atoms with E-state index in [-0.39, 0.29) is 12.4 Å². The van der Waals surface area contributed by atoms with Crippen LogP contribution >= 0.6 is 12.4 Å². The second-order valence-corrected chi connectivity index (χ2v) is 15.7. The average molecular weight is 467 g/mol. The van der Waals surface area contributed by atoms with Crippen LogP contribution in [-0.2, 0) is 0 Å². The summed E-state index contributed by atoms with van der Waals surface area (Å²) in [4.78, 5) is 0. The minimum absolute atomic E-state index is 0. The van der Waals surface area contributed by atoms with E-state index in [2.05, 4.69) is 121 Å². The molecule has 0 amide bonds. The number of hydrogen-bond donors (Lipinski definition) is 0. The van der Waals surface area contributed by atoms with Crippen LogP contribution in [0.2, 0.25) is 0 Å². The van der Waals surface area contributed by atoms with Crippen molar-refractivity contribution < 1.29 is 0 Å². The average Bonchev–Trinajstić information content (AvgIpc) is 2.72. The molecule has 0 heterocycles. The summed E-state index contributed by atoms with van der Waals surface area (Å²) in [7, 11) is 0. The Hall–Kier alpha value is -2.01. The van der Waals surface area contributed by atoms with Crippen molar-refractivity contribution in [1.29, 1.82) is 0 Å². The van der Waals surface area contributed by atoms with Gasteiger partial charge in [0.1, 0.15) is 0 Å². The van der Waals surface area contributed by atoms with E-state index in [1.165, 1.54) is 14.0 Å². The van der Waals surface area contributed by atoms with E-state index in [9.17, 15) is 0 Å². The van der Waals surface area contributed by atoms with Gasteiger partial charge in [0.25, 0.3) is 0 Å². The number of hydrogen-bond acceptors (Lipinski definition) is 0. The third-order valence-corrected chi connectivity index (χ3v) is 16.8. The summed E-state index contributed by atoms with van der Waals surface area (Å²) in [5, 5.41) is 0. The Morgan fingerprint density at radius 1 is 0.308 bits per heavy atom. The molecule has 0 aliphatic carbocycles. The van der Waals surface area contributed by atoms with Gasteiger partial charge in [-0.15, -0.1) is 12.4 Å². The molecule has 4 aromatic carbocycles. The Kier molecular flexibility index (Phi) is 6.20. The van der Waals surface area contributed by atoms with Gasteiger partial charge in [-0.1, -0.05) is 0 Å². The van der Waals surface area contributed by atoms with E-state index in [1.807, 2.05) is 0 Å². The van der Waals surface area contributed by atoms with Crippen molar-refractivity contribution in [3.63, 3.8) is 0 Å². The van der Waals surface area contributed by atoms with Crippen molar-refractivity contribution in [1.82, 2.24) is 0 Å². The summed E-state index contributed by atoms with van der Waals surface area (Å²) < 4.78 is 5.91. The molecular weight excluding hydrogens is 445 g/mol. The first kappa shape index (κ1) is 18.8. The first-order chi connectivity index (χ1) is 12.4. The molecule has 0 unspecified atom stereocenters. The first-order valence-corrected chi connectivity index (χ1v) is 13.6. The molecule has 0 fully saturated rings. The van der Waals surface area contributed by atoms with Crippen molar-refractivity contribution in [2.75, 3.05) is 0 Å². The maximum absolute atomic E-state index is 3.17. The standard InChI is InChI=1S/4C6H5.ClH.Sb/c4*1-2-4-6-5-3-1;;/h4*1-5H;1H;. The van der Waals surface area contributed by atoms with Crippen LogP contribution in [0, 0.1) is 0 Å². The molecule has 0 saturated heterocycles. The molecule has 0 N–H and O–H groups in total. The molecule has 0 atom stereocenters. The molecule has 129 valence electrons. The monoisotopic (exact) mass is 465 g/mol. The first-order valence-electron chi connectivity index (χ1n) is 8.54. The second kappa shape index (κ2) is 8.58. The fourth-order valence-electron chi connectivity index (χ4n) is 3.50. The molecule has 2 heteroatoms. The van der Waals surface area contributed by atoms with Crippen molar-refractivity contribution in [3.8, 4) is 0 Å². The molecule has 1 radical (unpaired) electrons. The number of halogens is 1. The zero-order valence-corrected chi connectivity index (χ0v) is 17.8. The van der Waals surface area contributed by atoms with Gasteiger partial charge in [-0.05, 0) is 0 Å². The van der Waals surface area contributed by atoms with Crippen LogP contribution in [0.1, 0.15) is 0 Å². The molecule has 0 saturated carbocycles. The van der Waals surface area contributed by atoms with Crippen LogP contribution in [-0.4, -0.2) is 18.8 Å². The molecule has 0 bridgehead atoms. The molecular formula is C24H21ClSb. The summed E-state index contributed by atoms with van der Waals surface area (Å²) in [6, 6.07) is 44.4. The summed E-state index contributed by atoms with van der Waals surface area (Å²) in [5.41, 5.74) is 0. The van der Waals surface area contributed by atoms with E-state index in [0.717, 1.165) is 0 Å². The Morgan fingerprint density at radius 3 is 0.692 bits per heavy atom. The van der Waals surface area contributed by atoms with Crippen LogP contribution in [0.4, 0.5) is 0 Å². The van der Waals surface area contributed by atoms with Crippen molar-refractivity contribution in [3.05, 3.63) is 121 Å². The molecule has 4 rings (SSSR count). The molecule has 4 aromatic rings. The van der Waals surface area contributed by atoms with E-state index in [0.29, 0.717) is 0 Å². The minimum atomic E-state index is -3.17. The Labute approximate surface area is 165 Å². The SMILES string of the molecule is Cl.c1cc[c]([Sb]([c]2ccccc2)([c]2ccccc2)[c]2ccccc2)cc1. The molecule has 0 nitrogen and oxygen atoms in total. The van der Waals surface area contributed by atoms with Crippen LogP contribution < -0.4 is 14.0 Å². The van der Waals surface area contributed by atoms with Crippen LogP contribution in [0.15, 0.2) is 121 Å². The van der Waals surface area contributed by atoms with Gasteiger partial charge in [0.05, 0.1) is 0 Å². The van der Waals surface area contributed by atoms with Gasteiger partial charge < -0.3 is 0 Å². The van der Waals surface area contributed by atoms with Gasteiger partial charge in [-0.3, -0.25) is 0 Å². The van der Waals surface area contributed by atoms with E-state index in [4.69, 9.17) is 0 Å². The molecule has 0 spiro atoms. The molecule has 0 aliphatic rings. The van der Waals surface area contributed by atoms with Crippen molar-refractivity contribution in [2.24, 2.45) is 0 Å². The van der Waals surface area contributed by atoms with Gasteiger partial charge in [-0.25, -0.2) is 0 Å². The van der Waals surface area contributed by atoms with Gasteiger partial charge in [-0.2, -0.15) is 0 Å². The van der Waals surface area contributed by atoms with Gasteiger partial charge in [0.15, 0.2) is 0 Å². The quantitative estimate of drug-likeness (QED) is 0.404. The van der Waals surface area contributed by atoms with Gasteiger partial charge in [0, 0.05) is 0 Å². The van der Waals surface area contributed by atoms with Gasteiger partial charge >= 0.3 is 154 Å². The fraction of sp³-hybridized carbons (Fsp3) is 0. The summed E-state index contributed by atoms with van der Waals surface area (Å²) in [6.07, 6.45) is 0. The third-order valence-electron chi connectivity index (χ3n) is 4.57. The Bertz CT molecular complexity index is 759. The van der Waals surface area contributed by atoms with Crippen molar-refractivity contribution in [2.45, 2.75) is 0 Å². The zero-order chi connectivity index (χ0) is 17.0. The summed E-state index contributed by atoms with van der Waals surface area (Å²) in [5.74, 6) is 0. The third kappa shape index (κ3) is 3.32. The predicted molar refractivity (Wildman–Crippen MR) is 117 cm³/mol. The van der Waals surface area contributed by atoms with Crippen molar-refractivity contribution >= 4 is 45.3 Å². The zero-order valence-electron chi connectivity index (χ0n) is 14.4. The normalized spacial score (nSPS) is 10.8. The van der Waals surface area contributed by atoms with Crippen LogP contribution in [0.25, 0.3) is 0 Å². The number of rotatable bonds is 4. The van der Waals surface area contributed by atoms with Gasteiger partial charge in [0.2, 0.25) is 0 Å². The Morgan fingerprint density at radius 2 is 0.500 bits per heavy atom. The number of benzene rings is 4. The van der Waals surface area contributed by atoms with E-state index < -0.39 is 18.8 Å². The van der Waals surface area contributed by atoms with Crippen LogP contribution in [0.5, 0.6) is 0 Å². The molecule has 0 aromatic heterocycles. The second-order valence-electron chi connectivity index (χ2n) is 6.01. The Balaban J connectivity index is 0.00000196. The predicted octanol–water partition coefficient (Wildman–Crippen LogP) is 3.49. The topological polar surface area (TPSA) is 0 Å². The maximum atomic E-state index is 2.32. The summed E-state index contributed by atoms with van der Waals surface area (Å²) in [6.45, 7) is 0. The molecule has 26 heavy (non-hydrogen) atoms. The summed E-state index contributed by atoms with van der Waals surface area (Å²) >= 11 is -3.17. The van der Waals surface area contributed by atoms with E-state index >= 15 is 0 Å². The molecule has 0 aliphatic heterocycles.